The maximum absolute atomic E-state index is 13.9. The van der Waals surface area contributed by atoms with Gasteiger partial charge < -0.3 is 9.15 Å². The van der Waals surface area contributed by atoms with Gasteiger partial charge in [-0.3, -0.25) is 4.90 Å². The SMILES string of the molecule is COC[C@@H]1CCCCN1Cc1nc(-c2ccc(F)cc2F)oc1C. The largest absolute Gasteiger partial charge is 0.441 e. The molecule has 2 aromatic rings. The number of halogens is 2. The van der Waals surface area contributed by atoms with Gasteiger partial charge in [0.15, 0.2) is 0 Å². The summed E-state index contributed by atoms with van der Waals surface area (Å²) in [7, 11) is 1.71. The number of ether oxygens (including phenoxy) is 1. The Morgan fingerprint density at radius 3 is 2.92 bits per heavy atom. The monoisotopic (exact) mass is 336 g/mol. The van der Waals surface area contributed by atoms with Crippen molar-refractivity contribution >= 4 is 0 Å². The number of methoxy groups -OCH3 is 1. The fraction of sp³-hybridized carbons (Fsp3) is 0.500. The molecule has 0 radical (unpaired) electrons. The fourth-order valence-electron chi connectivity index (χ4n) is 3.19. The minimum absolute atomic E-state index is 0.179. The fourth-order valence-corrected chi connectivity index (χ4v) is 3.19. The van der Waals surface area contributed by atoms with Crippen molar-refractivity contribution in [2.45, 2.75) is 38.8 Å². The third-order valence-electron chi connectivity index (χ3n) is 4.52. The molecule has 1 atom stereocenters. The quantitative estimate of drug-likeness (QED) is 0.829. The Labute approximate surface area is 140 Å². The molecule has 0 N–H and O–H groups in total. The summed E-state index contributed by atoms with van der Waals surface area (Å²) in [5.74, 6) is -0.427. The lowest BCUT2D eigenvalue weighted by Gasteiger charge is -2.34. The summed E-state index contributed by atoms with van der Waals surface area (Å²) in [6, 6.07) is 3.77. The third kappa shape index (κ3) is 3.65. The zero-order chi connectivity index (χ0) is 17.1. The van der Waals surface area contributed by atoms with Crippen LogP contribution in [-0.2, 0) is 11.3 Å². The second-order valence-electron chi connectivity index (χ2n) is 6.22. The lowest BCUT2D eigenvalue weighted by Crippen LogP contribution is -2.41. The van der Waals surface area contributed by atoms with E-state index in [1.54, 1.807) is 7.11 Å². The van der Waals surface area contributed by atoms with E-state index in [0.29, 0.717) is 25.0 Å². The Morgan fingerprint density at radius 2 is 2.17 bits per heavy atom. The predicted molar refractivity (Wildman–Crippen MR) is 86.5 cm³/mol. The topological polar surface area (TPSA) is 38.5 Å². The first kappa shape index (κ1) is 17.0. The molecule has 1 aromatic heterocycles. The molecular weight excluding hydrogens is 314 g/mol. The van der Waals surface area contributed by atoms with Gasteiger partial charge in [-0.1, -0.05) is 6.42 Å². The van der Waals surface area contributed by atoms with Crippen molar-refractivity contribution in [2.75, 3.05) is 20.3 Å². The lowest BCUT2D eigenvalue weighted by molar-refractivity contribution is 0.0590. The summed E-state index contributed by atoms with van der Waals surface area (Å²) in [6.07, 6.45) is 3.45. The molecule has 4 nitrogen and oxygen atoms in total. The number of rotatable bonds is 5. The van der Waals surface area contributed by atoms with Gasteiger partial charge in [0.25, 0.3) is 0 Å². The maximum atomic E-state index is 13.9. The highest BCUT2D eigenvalue weighted by Crippen LogP contribution is 2.27. The Morgan fingerprint density at radius 1 is 1.33 bits per heavy atom. The molecule has 24 heavy (non-hydrogen) atoms. The Bertz CT molecular complexity index is 700. The molecule has 1 saturated heterocycles. The molecule has 0 amide bonds. The van der Waals surface area contributed by atoms with Crippen LogP contribution in [0.25, 0.3) is 11.5 Å². The zero-order valence-electron chi connectivity index (χ0n) is 14.0. The summed E-state index contributed by atoms with van der Waals surface area (Å²) in [6.45, 7) is 4.14. The summed E-state index contributed by atoms with van der Waals surface area (Å²) in [4.78, 5) is 6.78. The average Bonchev–Trinajstić information content (AvgIpc) is 2.90. The first-order valence-corrected chi connectivity index (χ1v) is 8.23. The molecule has 6 heteroatoms. The summed E-state index contributed by atoms with van der Waals surface area (Å²) in [5.41, 5.74) is 0.967. The number of hydrogen-bond acceptors (Lipinski definition) is 4. The van der Waals surface area contributed by atoms with E-state index in [-0.39, 0.29) is 11.5 Å². The van der Waals surface area contributed by atoms with Gasteiger partial charge in [0.05, 0.1) is 17.9 Å². The van der Waals surface area contributed by atoms with Gasteiger partial charge in [0, 0.05) is 25.8 Å². The van der Waals surface area contributed by atoms with Gasteiger partial charge >= 0.3 is 0 Å². The van der Waals surface area contributed by atoms with Crippen LogP contribution >= 0.6 is 0 Å². The minimum atomic E-state index is -0.668. The molecule has 1 aromatic carbocycles. The molecule has 2 heterocycles. The van der Waals surface area contributed by atoms with Crippen molar-refractivity contribution < 1.29 is 17.9 Å². The zero-order valence-corrected chi connectivity index (χ0v) is 14.0. The molecular formula is C18H22F2N2O2. The molecule has 0 saturated carbocycles. The van der Waals surface area contributed by atoms with Crippen molar-refractivity contribution in [3.8, 4) is 11.5 Å². The molecule has 0 unspecified atom stereocenters. The van der Waals surface area contributed by atoms with E-state index in [4.69, 9.17) is 9.15 Å². The number of piperidine rings is 1. The Kier molecular flexibility index (Phi) is 5.26. The van der Waals surface area contributed by atoms with Crippen LogP contribution in [0.2, 0.25) is 0 Å². The normalized spacial score (nSPS) is 18.9. The van der Waals surface area contributed by atoms with Crippen LogP contribution < -0.4 is 0 Å². The standard InChI is InChI=1S/C18H22F2N2O2/c1-12-17(10-22-8-4-3-5-14(22)11-23-2)21-18(24-12)15-7-6-13(19)9-16(15)20/h6-7,9,14H,3-5,8,10-11H2,1-2H3/t14-/m0/s1. The van der Waals surface area contributed by atoms with Crippen molar-refractivity contribution in [3.05, 3.63) is 41.3 Å². The predicted octanol–water partition coefficient (Wildman–Crippen LogP) is 3.93. The summed E-state index contributed by atoms with van der Waals surface area (Å²) >= 11 is 0. The van der Waals surface area contributed by atoms with Gasteiger partial charge in [-0.15, -0.1) is 0 Å². The molecule has 0 bridgehead atoms. The van der Waals surface area contributed by atoms with E-state index in [1.807, 2.05) is 6.92 Å². The van der Waals surface area contributed by atoms with Crippen molar-refractivity contribution in [3.63, 3.8) is 0 Å². The van der Waals surface area contributed by atoms with Crippen LogP contribution in [0.15, 0.2) is 22.6 Å². The molecule has 1 aliphatic rings. The van der Waals surface area contributed by atoms with E-state index in [2.05, 4.69) is 9.88 Å². The molecule has 0 spiro atoms. The van der Waals surface area contributed by atoms with Crippen molar-refractivity contribution in [1.82, 2.24) is 9.88 Å². The van der Waals surface area contributed by atoms with Gasteiger partial charge in [0.1, 0.15) is 17.4 Å². The number of nitrogens with zero attached hydrogens (tertiary/aromatic N) is 2. The minimum Gasteiger partial charge on any atom is -0.441 e. The maximum Gasteiger partial charge on any atom is 0.229 e. The van der Waals surface area contributed by atoms with Crippen molar-refractivity contribution in [2.24, 2.45) is 0 Å². The number of benzene rings is 1. The van der Waals surface area contributed by atoms with Crippen LogP contribution in [0.1, 0.15) is 30.7 Å². The van der Waals surface area contributed by atoms with E-state index >= 15 is 0 Å². The molecule has 0 aliphatic carbocycles. The lowest BCUT2D eigenvalue weighted by atomic mass is 10.0. The van der Waals surface area contributed by atoms with Gasteiger partial charge in [-0.25, -0.2) is 13.8 Å². The molecule has 1 aliphatic heterocycles. The van der Waals surface area contributed by atoms with Gasteiger partial charge in [0.2, 0.25) is 5.89 Å². The smallest absolute Gasteiger partial charge is 0.229 e. The van der Waals surface area contributed by atoms with Crippen molar-refractivity contribution in [1.29, 1.82) is 0 Å². The van der Waals surface area contributed by atoms with Gasteiger partial charge in [-0.05, 0) is 38.4 Å². The van der Waals surface area contributed by atoms with E-state index in [1.165, 1.54) is 18.6 Å². The molecule has 130 valence electrons. The highest BCUT2D eigenvalue weighted by atomic mass is 19.1. The summed E-state index contributed by atoms with van der Waals surface area (Å²) < 4.78 is 37.9. The van der Waals surface area contributed by atoms with E-state index in [9.17, 15) is 8.78 Å². The third-order valence-corrected chi connectivity index (χ3v) is 4.52. The Balaban J connectivity index is 1.81. The summed E-state index contributed by atoms with van der Waals surface area (Å²) in [5, 5.41) is 0. The number of hydrogen-bond donors (Lipinski definition) is 0. The van der Waals surface area contributed by atoms with Crippen LogP contribution in [0, 0.1) is 18.6 Å². The van der Waals surface area contributed by atoms with Crippen LogP contribution in [0.4, 0.5) is 8.78 Å². The second-order valence-corrected chi connectivity index (χ2v) is 6.22. The number of likely N-dealkylation sites (tertiary alicyclic amines) is 1. The average molecular weight is 336 g/mol. The van der Waals surface area contributed by atoms with Gasteiger partial charge in [-0.2, -0.15) is 0 Å². The molecule has 1 fully saturated rings. The Hall–Kier alpha value is -1.79. The number of aryl methyl sites for hydroxylation is 1. The number of oxazole rings is 1. The second kappa shape index (κ2) is 7.40. The number of aromatic nitrogens is 1. The first-order chi connectivity index (χ1) is 11.6. The first-order valence-electron chi connectivity index (χ1n) is 8.23. The highest BCUT2D eigenvalue weighted by Gasteiger charge is 2.25. The van der Waals surface area contributed by atoms with E-state index in [0.717, 1.165) is 31.1 Å². The van der Waals surface area contributed by atoms with Crippen LogP contribution in [0.3, 0.4) is 0 Å². The van der Waals surface area contributed by atoms with E-state index < -0.39 is 11.6 Å². The van der Waals surface area contributed by atoms with Crippen LogP contribution in [0.5, 0.6) is 0 Å². The van der Waals surface area contributed by atoms with Crippen LogP contribution in [-0.4, -0.2) is 36.2 Å². The molecule has 3 rings (SSSR count). The highest BCUT2D eigenvalue weighted by molar-refractivity contribution is 5.54.